The molecule has 0 atom stereocenters. The van der Waals surface area contributed by atoms with Crippen LogP contribution in [0.3, 0.4) is 0 Å². The van der Waals surface area contributed by atoms with Gasteiger partial charge in [-0.1, -0.05) is 6.42 Å². The number of piperidine rings is 1. The van der Waals surface area contributed by atoms with Gasteiger partial charge in [0.25, 0.3) is 0 Å². The van der Waals surface area contributed by atoms with Crippen LogP contribution in [0, 0.1) is 6.92 Å². The third-order valence-corrected chi connectivity index (χ3v) is 4.74. The molecule has 1 saturated heterocycles. The van der Waals surface area contributed by atoms with Gasteiger partial charge in [0.15, 0.2) is 5.96 Å². The molecule has 0 spiro atoms. The number of guanidine groups is 1. The number of hydrogen-bond acceptors (Lipinski definition) is 3. The van der Waals surface area contributed by atoms with Gasteiger partial charge in [0.1, 0.15) is 0 Å². The molecule has 1 aliphatic rings. The summed E-state index contributed by atoms with van der Waals surface area (Å²) in [5.41, 5.74) is 1.37. The van der Waals surface area contributed by atoms with Gasteiger partial charge in [-0.15, -0.1) is 24.0 Å². The van der Waals surface area contributed by atoms with E-state index in [2.05, 4.69) is 52.6 Å². The lowest BCUT2D eigenvalue weighted by molar-refractivity contribution is 0.0982. The van der Waals surface area contributed by atoms with Crippen molar-refractivity contribution >= 4 is 29.9 Å². The average Bonchev–Trinajstić information content (AvgIpc) is 3.00. The maximum absolute atomic E-state index is 4.34. The number of nitrogens with zero attached hydrogens (tertiary/aromatic N) is 4. The Balaban J connectivity index is 0.00000312. The zero-order valence-electron chi connectivity index (χ0n) is 16.2. The van der Waals surface area contributed by atoms with Crippen LogP contribution in [-0.4, -0.2) is 59.4 Å². The van der Waals surface area contributed by atoms with Crippen LogP contribution in [0.15, 0.2) is 17.4 Å². The third-order valence-electron chi connectivity index (χ3n) is 4.74. The summed E-state index contributed by atoms with van der Waals surface area (Å²) in [6.45, 7) is 11.9. The Morgan fingerprint density at radius 3 is 2.56 bits per heavy atom. The fourth-order valence-corrected chi connectivity index (χ4v) is 3.17. The Bertz CT molecular complexity index is 519. The minimum Gasteiger partial charge on any atom is -0.356 e. The molecule has 0 aromatic carbocycles. The predicted molar refractivity (Wildman–Crippen MR) is 116 cm³/mol. The average molecular weight is 462 g/mol. The van der Waals surface area contributed by atoms with Crippen LogP contribution in [0.1, 0.15) is 45.1 Å². The number of halogens is 1. The predicted octanol–water partition coefficient (Wildman–Crippen LogP) is 2.63. The van der Waals surface area contributed by atoms with Crippen LogP contribution in [0.25, 0.3) is 0 Å². The summed E-state index contributed by atoms with van der Waals surface area (Å²) in [4.78, 5) is 6.93. The molecule has 0 saturated carbocycles. The van der Waals surface area contributed by atoms with E-state index in [1.807, 2.05) is 17.9 Å². The van der Waals surface area contributed by atoms with Crippen LogP contribution < -0.4 is 10.6 Å². The van der Waals surface area contributed by atoms with Crippen molar-refractivity contribution in [3.8, 4) is 0 Å². The zero-order chi connectivity index (χ0) is 17.4. The maximum Gasteiger partial charge on any atom is 0.191 e. The van der Waals surface area contributed by atoms with Crippen LogP contribution in [-0.2, 0) is 6.54 Å². The smallest absolute Gasteiger partial charge is 0.191 e. The minimum atomic E-state index is 0. The number of aryl methyl sites for hydroxylation is 2. The third kappa shape index (κ3) is 7.52. The largest absolute Gasteiger partial charge is 0.356 e. The highest BCUT2D eigenvalue weighted by Gasteiger charge is 2.27. The number of likely N-dealkylation sites (tertiary alicyclic amines) is 1. The molecule has 7 heteroatoms. The normalized spacial score (nSPS) is 16.4. The summed E-state index contributed by atoms with van der Waals surface area (Å²) in [5, 5.41) is 11.2. The van der Waals surface area contributed by atoms with Gasteiger partial charge >= 0.3 is 0 Å². The first-order valence-corrected chi connectivity index (χ1v) is 9.20. The van der Waals surface area contributed by atoms with Crippen molar-refractivity contribution in [3.63, 3.8) is 0 Å². The standard InChI is InChI=1S/C18H34N6.HI/c1-16-13-22-24(14-16)12-8-9-20-17(19-4)21-15-18(2,3)23-10-6-5-7-11-23;/h13-14H,5-12,15H2,1-4H3,(H2,19,20,21);1H. The van der Waals surface area contributed by atoms with Gasteiger partial charge in [-0.2, -0.15) is 5.10 Å². The summed E-state index contributed by atoms with van der Waals surface area (Å²) >= 11 is 0. The van der Waals surface area contributed by atoms with Crippen LogP contribution >= 0.6 is 24.0 Å². The highest BCUT2D eigenvalue weighted by Crippen LogP contribution is 2.19. The minimum absolute atomic E-state index is 0. The Morgan fingerprint density at radius 2 is 1.96 bits per heavy atom. The molecule has 2 heterocycles. The van der Waals surface area contributed by atoms with Crippen LogP contribution in [0.2, 0.25) is 0 Å². The van der Waals surface area contributed by atoms with E-state index in [4.69, 9.17) is 0 Å². The molecular weight excluding hydrogens is 427 g/mol. The van der Waals surface area contributed by atoms with Gasteiger partial charge in [-0.25, -0.2) is 0 Å². The fourth-order valence-electron chi connectivity index (χ4n) is 3.17. The molecule has 0 aliphatic carbocycles. The molecule has 144 valence electrons. The highest BCUT2D eigenvalue weighted by atomic mass is 127. The second-order valence-electron chi connectivity index (χ2n) is 7.35. The maximum atomic E-state index is 4.34. The summed E-state index contributed by atoms with van der Waals surface area (Å²) in [6, 6.07) is 0. The molecule has 0 unspecified atom stereocenters. The van der Waals surface area contributed by atoms with Gasteiger partial charge in [0.2, 0.25) is 0 Å². The van der Waals surface area contributed by atoms with E-state index in [9.17, 15) is 0 Å². The zero-order valence-corrected chi connectivity index (χ0v) is 18.5. The number of aliphatic imine (C=N–C) groups is 1. The first-order chi connectivity index (χ1) is 11.5. The van der Waals surface area contributed by atoms with E-state index in [0.29, 0.717) is 0 Å². The quantitative estimate of drug-likeness (QED) is 0.283. The highest BCUT2D eigenvalue weighted by molar-refractivity contribution is 14.0. The van der Waals surface area contributed by atoms with E-state index >= 15 is 0 Å². The lowest BCUT2D eigenvalue weighted by atomic mass is 9.98. The van der Waals surface area contributed by atoms with E-state index in [-0.39, 0.29) is 29.5 Å². The second kappa shape index (κ2) is 11.0. The van der Waals surface area contributed by atoms with Gasteiger partial charge < -0.3 is 10.6 Å². The Hall–Kier alpha value is -0.830. The molecular formula is C18H35IN6. The monoisotopic (exact) mass is 462 g/mol. The summed E-state index contributed by atoms with van der Waals surface area (Å²) in [6.07, 6.45) is 9.02. The number of rotatable bonds is 7. The topological polar surface area (TPSA) is 57.5 Å². The van der Waals surface area contributed by atoms with Crippen molar-refractivity contribution in [1.82, 2.24) is 25.3 Å². The summed E-state index contributed by atoms with van der Waals surface area (Å²) in [5.74, 6) is 0.886. The van der Waals surface area contributed by atoms with Crippen molar-refractivity contribution in [2.24, 2.45) is 4.99 Å². The molecule has 1 aromatic heterocycles. The molecule has 1 aliphatic heterocycles. The molecule has 2 rings (SSSR count). The van der Waals surface area contributed by atoms with Crippen molar-refractivity contribution in [1.29, 1.82) is 0 Å². The Labute approximate surface area is 169 Å². The molecule has 6 nitrogen and oxygen atoms in total. The number of aromatic nitrogens is 2. The van der Waals surface area contributed by atoms with Crippen molar-refractivity contribution in [3.05, 3.63) is 18.0 Å². The van der Waals surface area contributed by atoms with Crippen molar-refractivity contribution in [2.75, 3.05) is 33.2 Å². The van der Waals surface area contributed by atoms with E-state index in [1.54, 1.807) is 0 Å². The van der Waals surface area contributed by atoms with Crippen LogP contribution in [0.4, 0.5) is 0 Å². The Morgan fingerprint density at radius 1 is 1.24 bits per heavy atom. The summed E-state index contributed by atoms with van der Waals surface area (Å²) in [7, 11) is 1.83. The molecule has 0 bridgehead atoms. The van der Waals surface area contributed by atoms with E-state index < -0.39 is 0 Å². The van der Waals surface area contributed by atoms with Crippen LogP contribution in [0.5, 0.6) is 0 Å². The van der Waals surface area contributed by atoms with Gasteiger partial charge in [-0.3, -0.25) is 14.6 Å². The molecule has 1 fully saturated rings. The molecule has 0 amide bonds. The fraction of sp³-hybridized carbons (Fsp3) is 0.778. The van der Waals surface area contributed by atoms with E-state index in [1.165, 1.54) is 37.9 Å². The van der Waals surface area contributed by atoms with Crippen molar-refractivity contribution < 1.29 is 0 Å². The SMILES string of the molecule is CN=C(NCCCn1cc(C)cn1)NCC(C)(C)N1CCCCC1.I. The first-order valence-electron chi connectivity index (χ1n) is 9.20. The Kier molecular flexibility index (Phi) is 9.78. The lowest BCUT2D eigenvalue weighted by Crippen LogP contribution is -2.54. The van der Waals surface area contributed by atoms with E-state index in [0.717, 1.165) is 32.0 Å². The molecule has 1 aromatic rings. The molecule has 25 heavy (non-hydrogen) atoms. The number of nitrogens with one attached hydrogen (secondary N) is 2. The van der Waals surface area contributed by atoms with Gasteiger partial charge in [0, 0.05) is 38.4 Å². The summed E-state index contributed by atoms with van der Waals surface area (Å²) < 4.78 is 1.99. The molecule has 2 N–H and O–H groups in total. The lowest BCUT2D eigenvalue weighted by Gasteiger charge is -2.41. The van der Waals surface area contributed by atoms with Crippen molar-refractivity contribution in [2.45, 2.75) is 58.5 Å². The molecule has 0 radical (unpaired) electrons. The number of hydrogen-bond donors (Lipinski definition) is 2. The first kappa shape index (κ1) is 22.2. The van der Waals surface area contributed by atoms with Gasteiger partial charge in [-0.05, 0) is 58.7 Å². The second-order valence-corrected chi connectivity index (χ2v) is 7.35. The van der Waals surface area contributed by atoms with Gasteiger partial charge in [0.05, 0.1) is 6.20 Å².